The average Bonchev–Trinajstić information content (AvgIpc) is 3.90. The monoisotopic (exact) mass is 732 g/mol. The number of nitrogens with two attached hydrogens (primary N) is 2. The van der Waals surface area contributed by atoms with Crippen molar-refractivity contribution in [2.75, 3.05) is 13.1 Å². The van der Waals surface area contributed by atoms with Crippen LogP contribution in [-0.4, -0.2) is 70.7 Å². The number of oxazole rings is 1. The molecule has 4 atom stereocenters. The summed E-state index contributed by atoms with van der Waals surface area (Å²) in [6, 6.07) is 23.2. The van der Waals surface area contributed by atoms with Crippen molar-refractivity contribution >= 4 is 40.6 Å². The van der Waals surface area contributed by atoms with Crippen molar-refractivity contribution in [1.82, 2.24) is 15.2 Å². The second-order valence-electron chi connectivity index (χ2n) is 14.2. The van der Waals surface area contributed by atoms with Gasteiger partial charge in [-0.1, -0.05) is 79.7 Å². The number of carbonyl (C=O) groups excluding carboxylic acids is 4. The lowest BCUT2D eigenvalue weighted by atomic mass is 9.93. The number of allylic oxidation sites excluding steroid dienone is 1. The molecular weight excluding hydrogens is 684 g/mol. The van der Waals surface area contributed by atoms with Gasteiger partial charge in [0.2, 0.25) is 17.6 Å². The Labute approximate surface area is 315 Å². The van der Waals surface area contributed by atoms with Crippen LogP contribution < -0.4 is 16.8 Å². The van der Waals surface area contributed by atoms with Crippen LogP contribution in [0.5, 0.6) is 0 Å². The van der Waals surface area contributed by atoms with Gasteiger partial charge in [-0.05, 0) is 73.3 Å². The molecule has 1 aromatic heterocycles. The number of amides is 2. The van der Waals surface area contributed by atoms with Crippen LogP contribution in [0.25, 0.3) is 11.1 Å². The average molecular weight is 733 g/mol. The van der Waals surface area contributed by atoms with Gasteiger partial charge in [-0.25, -0.2) is 9.78 Å². The van der Waals surface area contributed by atoms with Crippen LogP contribution in [0.3, 0.4) is 0 Å². The zero-order chi connectivity index (χ0) is 38.0. The highest BCUT2D eigenvalue weighted by molar-refractivity contribution is 6.01. The molecular formula is C42H48N6O6. The maximum absolute atomic E-state index is 14.4. The second kappa shape index (κ2) is 17.8. The molecule has 1 saturated heterocycles. The van der Waals surface area contributed by atoms with Gasteiger partial charge in [0.05, 0.1) is 6.04 Å². The molecule has 12 heteroatoms. The number of hydrogen-bond donors (Lipinski definition) is 3. The van der Waals surface area contributed by atoms with Gasteiger partial charge in [0.15, 0.2) is 11.5 Å². The van der Waals surface area contributed by atoms with Crippen molar-refractivity contribution in [2.24, 2.45) is 28.3 Å². The number of nitrogens with zero attached hydrogens (tertiary/aromatic N) is 3. The molecule has 5 N–H and O–H groups in total. The minimum absolute atomic E-state index is 0.0665. The van der Waals surface area contributed by atoms with Crippen molar-refractivity contribution in [3.8, 4) is 0 Å². The molecule has 4 aromatic rings. The fraction of sp³-hybridized carbons (Fsp3) is 0.381. The smallest absolute Gasteiger partial charge is 0.330 e. The quantitative estimate of drug-likeness (QED) is 0.0367. The maximum atomic E-state index is 14.4. The molecule has 54 heavy (non-hydrogen) atoms. The number of guanidine groups is 1. The lowest BCUT2D eigenvalue weighted by Gasteiger charge is -2.30. The van der Waals surface area contributed by atoms with Crippen molar-refractivity contribution in [2.45, 2.75) is 76.5 Å². The number of para-hydroxylation sites is 2. The third kappa shape index (κ3) is 9.60. The van der Waals surface area contributed by atoms with Gasteiger partial charge in [-0.15, -0.1) is 0 Å². The number of ether oxygens (including phenoxy) is 1. The number of benzene rings is 3. The zero-order valence-electron chi connectivity index (χ0n) is 30.6. The summed E-state index contributed by atoms with van der Waals surface area (Å²) in [5.74, 6) is -2.36. The molecule has 2 amide bonds. The first kappa shape index (κ1) is 38.0. The summed E-state index contributed by atoms with van der Waals surface area (Å²) in [5.41, 5.74) is 15.5. The van der Waals surface area contributed by atoms with Gasteiger partial charge in [0, 0.05) is 37.9 Å². The highest BCUT2D eigenvalue weighted by Gasteiger charge is 2.42. The van der Waals surface area contributed by atoms with E-state index in [1.165, 1.54) is 17.2 Å². The van der Waals surface area contributed by atoms with Gasteiger partial charge in [0.25, 0.3) is 5.89 Å². The van der Waals surface area contributed by atoms with Crippen LogP contribution in [0, 0.1) is 11.8 Å². The van der Waals surface area contributed by atoms with E-state index in [0.717, 1.165) is 5.56 Å². The Morgan fingerprint density at radius 2 is 1.69 bits per heavy atom. The number of Topliss-reactive ketones (excluding diaryl/α,β-unsaturated/α-hetero) is 1. The van der Waals surface area contributed by atoms with Gasteiger partial charge >= 0.3 is 5.97 Å². The number of likely N-dealkylation sites (tertiary alicyclic amines) is 1. The zero-order valence-corrected chi connectivity index (χ0v) is 30.6. The highest BCUT2D eigenvalue weighted by Crippen LogP contribution is 2.29. The number of esters is 1. The summed E-state index contributed by atoms with van der Waals surface area (Å²) in [7, 11) is 0. The van der Waals surface area contributed by atoms with Crippen molar-refractivity contribution in [3.05, 3.63) is 114 Å². The molecule has 2 heterocycles. The third-order valence-electron chi connectivity index (χ3n) is 10.3. The van der Waals surface area contributed by atoms with Crippen molar-refractivity contribution in [3.63, 3.8) is 0 Å². The number of ketones is 1. The summed E-state index contributed by atoms with van der Waals surface area (Å²) in [5, 5.41) is 2.93. The SMILES string of the molecule is C[C@H]1CCN(C(=O)[C@H](C/C=C/C(=O)OC2Cc3ccccc3C2)CCc2ccccc2)[C@@H]1C(=O)N[C@@H](CCCN=C(N)N)C(=O)c1nc2ccccc2o1. The first-order valence-electron chi connectivity index (χ1n) is 18.7. The molecule has 0 bridgehead atoms. The molecule has 12 nitrogen and oxygen atoms in total. The number of aromatic nitrogens is 1. The van der Waals surface area contributed by atoms with E-state index >= 15 is 0 Å². The van der Waals surface area contributed by atoms with E-state index in [2.05, 4.69) is 27.4 Å². The van der Waals surface area contributed by atoms with Gasteiger partial charge in [0.1, 0.15) is 17.7 Å². The molecule has 0 unspecified atom stereocenters. The van der Waals surface area contributed by atoms with Crippen molar-refractivity contribution < 1.29 is 28.3 Å². The Kier molecular flexibility index (Phi) is 12.5. The maximum Gasteiger partial charge on any atom is 0.330 e. The van der Waals surface area contributed by atoms with E-state index in [0.29, 0.717) is 62.6 Å². The normalized spacial score (nSPS) is 18.0. The molecule has 3 aromatic carbocycles. The molecule has 1 aliphatic heterocycles. The van der Waals surface area contributed by atoms with E-state index in [1.54, 1.807) is 35.2 Å². The van der Waals surface area contributed by atoms with E-state index in [1.807, 2.05) is 49.4 Å². The molecule has 2 aliphatic rings. The summed E-state index contributed by atoms with van der Waals surface area (Å²) < 4.78 is 11.5. The Balaban J connectivity index is 1.15. The molecule has 1 aliphatic carbocycles. The van der Waals surface area contributed by atoms with Gasteiger partial charge in [-0.2, -0.15) is 0 Å². The fourth-order valence-electron chi connectivity index (χ4n) is 7.45. The summed E-state index contributed by atoms with van der Waals surface area (Å²) in [6.45, 7) is 2.59. The molecule has 0 saturated carbocycles. The minimum atomic E-state index is -0.986. The number of hydrogen-bond acceptors (Lipinski definition) is 8. The highest BCUT2D eigenvalue weighted by atomic mass is 16.5. The molecule has 1 fully saturated rings. The first-order valence-corrected chi connectivity index (χ1v) is 18.7. The number of nitrogens with one attached hydrogen (secondary N) is 1. The Morgan fingerprint density at radius 1 is 0.981 bits per heavy atom. The second-order valence-corrected chi connectivity index (χ2v) is 14.2. The van der Waals surface area contributed by atoms with Gasteiger partial charge in [-0.3, -0.25) is 19.4 Å². The molecule has 0 spiro atoms. The van der Waals surface area contributed by atoms with Crippen molar-refractivity contribution in [1.29, 1.82) is 0 Å². The van der Waals surface area contributed by atoms with Crippen LogP contribution in [0.15, 0.2) is 100 Å². The van der Waals surface area contributed by atoms with Crippen LogP contribution in [0.2, 0.25) is 0 Å². The number of aryl methyl sites for hydroxylation is 1. The van der Waals surface area contributed by atoms with E-state index in [-0.39, 0.29) is 42.7 Å². The van der Waals surface area contributed by atoms with Crippen LogP contribution >= 0.6 is 0 Å². The summed E-state index contributed by atoms with van der Waals surface area (Å²) in [4.78, 5) is 65.2. The standard InChI is InChI=1S/C42H48N6O6/c1-27-22-24-48(37(27)39(51)46-34(17-10-23-45-42(43)44)38(50)40-47-33-16-7-8-18-35(33)54-40)41(52)29(21-20-28-11-3-2-4-12-28)15-9-19-36(49)53-32-25-30-13-5-6-14-31(30)26-32/h2-9,11-14,16,18-19,27,29,32,34,37H,10,15,17,20-26H2,1H3,(H,46,51)(H4,43,44,45)/b19-9+/t27-,29+,34-,37-/m0/s1. The first-order chi connectivity index (χ1) is 26.2. The Hall–Kier alpha value is -5.78. The summed E-state index contributed by atoms with van der Waals surface area (Å²) >= 11 is 0. The van der Waals surface area contributed by atoms with Crippen LogP contribution in [0.4, 0.5) is 0 Å². The lowest BCUT2D eigenvalue weighted by molar-refractivity contribution is -0.143. The van der Waals surface area contributed by atoms with E-state index in [4.69, 9.17) is 20.6 Å². The Morgan fingerprint density at radius 3 is 2.41 bits per heavy atom. The predicted molar refractivity (Wildman–Crippen MR) is 205 cm³/mol. The third-order valence-corrected chi connectivity index (χ3v) is 10.3. The Bertz CT molecular complexity index is 1950. The fourth-order valence-corrected chi connectivity index (χ4v) is 7.45. The van der Waals surface area contributed by atoms with E-state index < -0.39 is 35.7 Å². The topological polar surface area (TPSA) is 183 Å². The lowest BCUT2D eigenvalue weighted by Crippen LogP contribution is -2.53. The molecule has 6 rings (SSSR count). The largest absolute Gasteiger partial charge is 0.459 e. The number of carbonyl (C=O) groups is 4. The predicted octanol–water partition coefficient (Wildman–Crippen LogP) is 4.69. The van der Waals surface area contributed by atoms with Gasteiger partial charge < -0.3 is 30.8 Å². The van der Waals surface area contributed by atoms with Crippen LogP contribution in [0.1, 0.15) is 66.4 Å². The molecule has 0 radical (unpaired) electrons. The minimum Gasteiger partial charge on any atom is -0.459 e. The van der Waals surface area contributed by atoms with E-state index in [9.17, 15) is 19.2 Å². The number of rotatable bonds is 16. The molecule has 282 valence electrons. The number of aliphatic imine (C=N–C) groups is 1. The number of fused-ring (bicyclic) bond motifs is 2. The summed E-state index contributed by atoms with van der Waals surface area (Å²) in [6.07, 6.45) is 6.98. The van der Waals surface area contributed by atoms with Crippen LogP contribution in [-0.2, 0) is 38.4 Å².